The Morgan fingerprint density at radius 3 is 2.74 bits per heavy atom. The molecule has 0 unspecified atom stereocenters. The van der Waals surface area contributed by atoms with Gasteiger partial charge >= 0.3 is 0 Å². The number of carbonyl (C=O) groups is 1. The van der Waals surface area contributed by atoms with Crippen LogP contribution in [-0.2, 0) is 17.0 Å². The largest absolute Gasteiger partial charge is 0.385 e. The van der Waals surface area contributed by atoms with E-state index in [1.165, 1.54) is 30.0 Å². The van der Waals surface area contributed by atoms with Crippen LogP contribution < -0.4 is 5.73 Å². The molecule has 11 heteroatoms. The summed E-state index contributed by atoms with van der Waals surface area (Å²) in [6, 6.07) is 11.5. The Kier molecular flexibility index (Phi) is 7.61. The molecule has 0 radical (unpaired) electrons. The standard InChI is InChI=1S/C20H20ClN5O4S/c1-30-10-4-9-25-19(15-5-2-3-6-16(15)21)23-24-20(25)31-12-14-8-7-13(18(22)27)11-17(14)26(28)29/h2-3,5-8,11H,4,9-10,12H2,1H3,(H2,22,27). The molecule has 1 aromatic heterocycles. The van der Waals surface area contributed by atoms with Crippen molar-refractivity contribution in [1.82, 2.24) is 14.8 Å². The van der Waals surface area contributed by atoms with Gasteiger partial charge in [-0.15, -0.1) is 10.2 Å². The van der Waals surface area contributed by atoms with Gasteiger partial charge in [0.05, 0.1) is 9.95 Å². The number of halogens is 1. The van der Waals surface area contributed by atoms with Crippen molar-refractivity contribution in [2.45, 2.75) is 23.9 Å². The van der Waals surface area contributed by atoms with Crippen molar-refractivity contribution in [2.24, 2.45) is 5.73 Å². The first-order valence-electron chi connectivity index (χ1n) is 9.29. The van der Waals surface area contributed by atoms with Crippen molar-refractivity contribution in [3.63, 3.8) is 0 Å². The Morgan fingerprint density at radius 1 is 1.29 bits per heavy atom. The molecule has 0 bridgehead atoms. The number of thioether (sulfide) groups is 1. The second kappa shape index (κ2) is 10.4. The smallest absolute Gasteiger partial charge is 0.274 e. The quantitative estimate of drug-likeness (QED) is 0.210. The van der Waals surface area contributed by atoms with E-state index >= 15 is 0 Å². The fourth-order valence-electron chi connectivity index (χ4n) is 2.96. The van der Waals surface area contributed by atoms with Crippen molar-refractivity contribution < 1.29 is 14.5 Å². The van der Waals surface area contributed by atoms with Crippen LogP contribution in [0.15, 0.2) is 47.6 Å². The van der Waals surface area contributed by atoms with Crippen LogP contribution in [0, 0.1) is 10.1 Å². The molecule has 0 atom stereocenters. The lowest BCUT2D eigenvalue weighted by Gasteiger charge is -2.11. The zero-order valence-corrected chi connectivity index (χ0v) is 18.2. The topological polar surface area (TPSA) is 126 Å². The molecular formula is C20H20ClN5O4S. The summed E-state index contributed by atoms with van der Waals surface area (Å²) < 4.78 is 7.08. The molecule has 0 saturated heterocycles. The lowest BCUT2D eigenvalue weighted by atomic mass is 10.1. The number of nitro groups is 1. The molecule has 2 aromatic carbocycles. The number of ether oxygens (including phenoxy) is 1. The molecule has 162 valence electrons. The minimum Gasteiger partial charge on any atom is -0.385 e. The molecule has 9 nitrogen and oxygen atoms in total. The Bertz CT molecular complexity index is 1100. The van der Waals surface area contributed by atoms with E-state index in [-0.39, 0.29) is 17.0 Å². The molecular weight excluding hydrogens is 442 g/mol. The van der Waals surface area contributed by atoms with Crippen LogP contribution in [0.2, 0.25) is 5.02 Å². The number of amides is 1. The van der Waals surface area contributed by atoms with Crippen molar-refractivity contribution in [3.05, 3.63) is 68.7 Å². The fraction of sp³-hybridized carbons (Fsp3) is 0.250. The van der Waals surface area contributed by atoms with E-state index < -0.39 is 10.8 Å². The van der Waals surface area contributed by atoms with Gasteiger partial charge in [0.2, 0.25) is 5.91 Å². The maximum absolute atomic E-state index is 11.5. The minimum atomic E-state index is -0.718. The van der Waals surface area contributed by atoms with E-state index in [4.69, 9.17) is 22.1 Å². The molecule has 31 heavy (non-hydrogen) atoms. The average Bonchev–Trinajstić information content (AvgIpc) is 3.15. The van der Waals surface area contributed by atoms with E-state index in [0.29, 0.717) is 34.7 Å². The molecule has 0 aliphatic rings. The number of aromatic nitrogens is 3. The Labute approximate surface area is 187 Å². The van der Waals surface area contributed by atoms with Gasteiger partial charge in [0.1, 0.15) is 0 Å². The zero-order valence-electron chi connectivity index (χ0n) is 16.7. The van der Waals surface area contributed by atoms with E-state index in [9.17, 15) is 14.9 Å². The van der Waals surface area contributed by atoms with Crippen molar-refractivity contribution in [2.75, 3.05) is 13.7 Å². The van der Waals surface area contributed by atoms with Crippen molar-refractivity contribution in [1.29, 1.82) is 0 Å². The second-order valence-electron chi connectivity index (χ2n) is 6.54. The molecule has 3 aromatic rings. The number of rotatable bonds is 10. The molecule has 0 saturated carbocycles. The summed E-state index contributed by atoms with van der Waals surface area (Å²) in [4.78, 5) is 22.3. The lowest BCUT2D eigenvalue weighted by Crippen LogP contribution is -2.11. The van der Waals surface area contributed by atoms with Crippen LogP contribution >= 0.6 is 23.4 Å². The Hall–Kier alpha value is -2.95. The second-order valence-corrected chi connectivity index (χ2v) is 7.89. The van der Waals surface area contributed by atoms with Gasteiger partial charge in [-0.2, -0.15) is 0 Å². The highest BCUT2D eigenvalue weighted by atomic mass is 35.5. The number of nitrogens with two attached hydrogens (primary N) is 1. The minimum absolute atomic E-state index is 0.0872. The van der Waals surface area contributed by atoms with Gasteiger partial charge in [0.25, 0.3) is 5.69 Å². The monoisotopic (exact) mass is 461 g/mol. The van der Waals surface area contributed by atoms with E-state index in [1.807, 2.05) is 22.8 Å². The zero-order chi connectivity index (χ0) is 22.4. The maximum Gasteiger partial charge on any atom is 0.274 e. The molecule has 3 rings (SSSR count). The van der Waals surface area contributed by atoms with Crippen molar-refractivity contribution >= 4 is 35.0 Å². The summed E-state index contributed by atoms with van der Waals surface area (Å²) in [5, 5.41) is 21.2. The van der Waals surface area contributed by atoms with Crippen LogP contribution in [0.5, 0.6) is 0 Å². The van der Waals surface area contributed by atoms with Gasteiger partial charge in [-0.1, -0.05) is 41.6 Å². The van der Waals surface area contributed by atoms with E-state index in [2.05, 4.69) is 10.2 Å². The van der Waals surface area contributed by atoms with Gasteiger partial charge in [0.15, 0.2) is 11.0 Å². The summed E-state index contributed by atoms with van der Waals surface area (Å²) in [5.41, 5.74) is 6.36. The number of primary amides is 1. The van der Waals surface area contributed by atoms with Gasteiger partial charge in [-0.25, -0.2) is 0 Å². The van der Waals surface area contributed by atoms with Crippen LogP contribution in [0.3, 0.4) is 0 Å². The molecule has 1 heterocycles. The first kappa shape index (κ1) is 22.7. The number of methoxy groups -OCH3 is 1. The van der Waals surface area contributed by atoms with Crippen LogP contribution in [0.4, 0.5) is 5.69 Å². The molecule has 0 spiro atoms. The summed E-state index contributed by atoms with van der Waals surface area (Å²) in [5.74, 6) is 0.160. The third kappa shape index (κ3) is 5.40. The summed E-state index contributed by atoms with van der Waals surface area (Å²) in [6.07, 6.45) is 0.729. The first-order chi connectivity index (χ1) is 14.9. The Balaban J connectivity index is 1.90. The predicted octanol–water partition coefficient (Wildman–Crippen LogP) is 3.93. The van der Waals surface area contributed by atoms with Gasteiger partial charge in [-0.05, 0) is 24.6 Å². The molecule has 0 fully saturated rings. The highest BCUT2D eigenvalue weighted by Crippen LogP contribution is 2.32. The van der Waals surface area contributed by atoms with E-state index in [1.54, 1.807) is 13.2 Å². The number of benzene rings is 2. The third-order valence-electron chi connectivity index (χ3n) is 4.49. The maximum atomic E-state index is 11.5. The highest BCUT2D eigenvalue weighted by Gasteiger charge is 2.20. The molecule has 0 aliphatic carbocycles. The lowest BCUT2D eigenvalue weighted by molar-refractivity contribution is -0.385. The average molecular weight is 462 g/mol. The molecule has 1 amide bonds. The van der Waals surface area contributed by atoms with Gasteiger partial charge in [-0.3, -0.25) is 14.9 Å². The third-order valence-corrected chi connectivity index (χ3v) is 5.83. The number of hydrogen-bond acceptors (Lipinski definition) is 7. The van der Waals surface area contributed by atoms with Crippen LogP contribution in [0.1, 0.15) is 22.3 Å². The fourth-order valence-corrected chi connectivity index (χ4v) is 4.14. The van der Waals surface area contributed by atoms with E-state index in [0.717, 1.165) is 12.0 Å². The summed E-state index contributed by atoms with van der Waals surface area (Å²) in [6.45, 7) is 1.15. The van der Waals surface area contributed by atoms with Crippen LogP contribution in [0.25, 0.3) is 11.4 Å². The summed E-state index contributed by atoms with van der Waals surface area (Å²) in [7, 11) is 1.63. The number of nitro benzene ring substituents is 1. The van der Waals surface area contributed by atoms with Gasteiger partial charge < -0.3 is 15.0 Å². The SMILES string of the molecule is COCCCn1c(SCc2ccc(C(N)=O)cc2[N+](=O)[O-])nnc1-c1ccccc1Cl. The predicted molar refractivity (Wildman–Crippen MR) is 118 cm³/mol. The van der Waals surface area contributed by atoms with Crippen molar-refractivity contribution in [3.8, 4) is 11.4 Å². The normalized spacial score (nSPS) is 10.9. The number of nitrogens with zero attached hydrogens (tertiary/aromatic N) is 4. The number of carbonyl (C=O) groups excluding carboxylic acids is 1. The highest BCUT2D eigenvalue weighted by molar-refractivity contribution is 7.98. The van der Waals surface area contributed by atoms with Gasteiger partial charge in [0, 0.05) is 48.8 Å². The Morgan fingerprint density at radius 2 is 2.06 bits per heavy atom. The molecule has 2 N–H and O–H groups in total. The summed E-state index contributed by atoms with van der Waals surface area (Å²) >= 11 is 7.66. The first-order valence-corrected chi connectivity index (χ1v) is 10.7. The molecule has 0 aliphatic heterocycles. The van der Waals surface area contributed by atoms with Crippen LogP contribution in [-0.4, -0.2) is 39.3 Å². The number of hydrogen-bond donors (Lipinski definition) is 1.